The smallest absolute Gasteiger partial charge is 0.185 e. The van der Waals surface area contributed by atoms with E-state index >= 15 is 0 Å². The average molecular weight is 357 g/mol. The van der Waals surface area contributed by atoms with Crippen LogP contribution in [0.25, 0.3) is 11.3 Å². The highest BCUT2D eigenvalue weighted by Crippen LogP contribution is 2.28. The molecule has 0 saturated carbocycles. The third kappa shape index (κ3) is 5.36. The lowest BCUT2D eigenvalue weighted by Gasteiger charge is -2.29. The lowest BCUT2D eigenvalue weighted by atomic mass is 10.0. The zero-order chi connectivity index (χ0) is 18.2. The minimum atomic E-state index is -0.332. The topological polar surface area (TPSA) is 31.4 Å². The van der Waals surface area contributed by atoms with Gasteiger partial charge in [0.15, 0.2) is 6.29 Å². The maximum atomic E-state index is 13.0. The van der Waals surface area contributed by atoms with Crippen molar-refractivity contribution in [1.29, 1.82) is 0 Å². The molecule has 0 N–H and O–H groups in total. The molecule has 1 aliphatic heterocycles. The normalized spacial score (nSPS) is 20.2. The van der Waals surface area contributed by atoms with E-state index in [0.717, 1.165) is 30.0 Å². The lowest BCUT2D eigenvalue weighted by molar-refractivity contribution is -0.206. The van der Waals surface area contributed by atoms with E-state index in [2.05, 4.69) is 11.9 Å². The maximum absolute atomic E-state index is 13.0. The molecule has 1 aromatic carbocycles. The Labute approximate surface area is 155 Å². The predicted octanol–water partition coefficient (Wildman–Crippen LogP) is 5.91. The van der Waals surface area contributed by atoms with Crippen molar-refractivity contribution in [2.45, 2.75) is 51.7 Å². The molecule has 0 radical (unpaired) electrons. The first-order chi connectivity index (χ1) is 12.8. The largest absolute Gasteiger partial charge is 0.348 e. The number of nitrogens with zero attached hydrogens (tertiary/aromatic N) is 1. The van der Waals surface area contributed by atoms with Gasteiger partial charge in [0, 0.05) is 23.2 Å². The van der Waals surface area contributed by atoms with Crippen molar-refractivity contribution in [3.8, 4) is 11.3 Å². The standard InChI is InChI=1S/C22H28FNO2/c1-2-3-4-5-6-7-17-15-25-22(26-16-17)19-10-13-21(24-14-19)18-8-11-20(23)12-9-18/h8-14,17,22H,2-7,15-16H2,1H3/t17-,22-. The number of hydrogen-bond donors (Lipinski definition) is 0. The Bertz CT molecular complexity index is 649. The third-order valence-corrected chi connectivity index (χ3v) is 4.88. The molecular weight excluding hydrogens is 329 g/mol. The summed E-state index contributed by atoms with van der Waals surface area (Å²) in [5, 5.41) is 0. The fourth-order valence-corrected chi connectivity index (χ4v) is 3.28. The summed E-state index contributed by atoms with van der Waals surface area (Å²) in [4.78, 5) is 4.47. The fourth-order valence-electron chi connectivity index (χ4n) is 3.28. The predicted molar refractivity (Wildman–Crippen MR) is 101 cm³/mol. The molecule has 0 amide bonds. The first-order valence-electron chi connectivity index (χ1n) is 9.71. The van der Waals surface area contributed by atoms with Gasteiger partial charge in [0.2, 0.25) is 0 Å². The molecule has 4 heteroatoms. The summed E-state index contributed by atoms with van der Waals surface area (Å²) >= 11 is 0. The van der Waals surface area contributed by atoms with Crippen molar-refractivity contribution in [1.82, 2.24) is 4.98 Å². The van der Waals surface area contributed by atoms with Crippen LogP contribution >= 0.6 is 0 Å². The first kappa shape index (κ1) is 19.0. The van der Waals surface area contributed by atoms with E-state index in [4.69, 9.17) is 9.47 Å². The lowest BCUT2D eigenvalue weighted by Crippen LogP contribution is -2.27. The summed E-state index contributed by atoms with van der Waals surface area (Å²) in [6.07, 6.45) is 9.15. The van der Waals surface area contributed by atoms with Crippen LogP contribution in [0, 0.1) is 11.7 Å². The van der Waals surface area contributed by atoms with Gasteiger partial charge in [0.1, 0.15) is 5.82 Å². The third-order valence-electron chi connectivity index (χ3n) is 4.88. The molecule has 1 aliphatic rings. The summed E-state index contributed by atoms with van der Waals surface area (Å²) < 4.78 is 24.8. The number of hydrogen-bond acceptors (Lipinski definition) is 3. The molecule has 2 aromatic rings. The number of rotatable bonds is 8. The van der Waals surface area contributed by atoms with Crippen molar-refractivity contribution in [2.75, 3.05) is 13.2 Å². The van der Waals surface area contributed by atoms with Gasteiger partial charge in [-0.05, 0) is 36.8 Å². The number of unbranched alkanes of at least 4 members (excludes halogenated alkanes) is 4. The van der Waals surface area contributed by atoms with Gasteiger partial charge >= 0.3 is 0 Å². The maximum Gasteiger partial charge on any atom is 0.185 e. The summed E-state index contributed by atoms with van der Waals surface area (Å²) in [5.41, 5.74) is 2.64. The highest BCUT2D eigenvalue weighted by atomic mass is 19.1. The van der Waals surface area contributed by atoms with Crippen molar-refractivity contribution in [3.63, 3.8) is 0 Å². The van der Waals surface area contributed by atoms with Crippen molar-refractivity contribution < 1.29 is 13.9 Å². The number of halogens is 1. The molecule has 3 rings (SSSR count). The van der Waals surface area contributed by atoms with Crippen LogP contribution in [-0.4, -0.2) is 18.2 Å². The minimum absolute atomic E-state index is 0.241. The van der Waals surface area contributed by atoms with E-state index < -0.39 is 0 Å². The molecule has 0 bridgehead atoms. The van der Waals surface area contributed by atoms with E-state index in [0.29, 0.717) is 5.92 Å². The van der Waals surface area contributed by atoms with Gasteiger partial charge in [0.25, 0.3) is 0 Å². The average Bonchev–Trinajstić information content (AvgIpc) is 2.69. The molecule has 140 valence electrons. The van der Waals surface area contributed by atoms with E-state index in [1.807, 2.05) is 12.1 Å². The Morgan fingerprint density at radius 2 is 1.69 bits per heavy atom. The van der Waals surface area contributed by atoms with Gasteiger partial charge in [-0.1, -0.05) is 45.1 Å². The molecular formula is C22H28FNO2. The van der Waals surface area contributed by atoms with Crippen LogP contribution in [0.2, 0.25) is 0 Å². The second-order valence-electron chi connectivity index (χ2n) is 7.05. The minimum Gasteiger partial charge on any atom is -0.348 e. The van der Waals surface area contributed by atoms with Crippen LogP contribution in [-0.2, 0) is 9.47 Å². The summed E-state index contributed by atoms with van der Waals surface area (Å²) in [5.74, 6) is 0.258. The van der Waals surface area contributed by atoms with Crippen molar-refractivity contribution in [3.05, 3.63) is 54.0 Å². The van der Waals surface area contributed by atoms with E-state index in [-0.39, 0.29) is 12.1 Å². The number of aromatic nitrogens is 1. The van der Waals surface area contributed by atoms with Gasteiger partial charge in [-0.25, -0.2) is 4.39 Å². The molecule has 1 saturated heterocycles. The van der Waals surface area contributed by atoms with Gasteiger partial charge in [-0.2, -0.15) is 0 Å². The highest BCUT2D eigenvalue weighted by Gasteiger charge is 2.23. The summed E-state index contributed by atoms with van der Waals surface area (Å²) in [7, 11) is 0. The zero-order valence-corrected chi connectivity index (χ0v) is 15.5. The molecule has 0 unspecified atom stereocenters. The second-order valence-corrected chi connectivity index (χ2v) is 7.05. The Hall–Kier alpha value is -1.78. The molecule has 3 nitrogen and oxygen atoms in total. The Morgan fingerprint density at radius 1 is 0.962 bits per heavy atom. The number of pyridine rings is 1. The Morgan fingerprint density at radius 3 is 2.35 bits per heavy atom. The van der Waals surface area contributed by atoms with Gasteiger partial charge in [0.05, 0.1) is 18.9 Å². The van der Waals surface area contributed by atoms with Crippen LogP contribution in [0.4, 0.5) is 4.39 Å². The van der Waals surface area contributed by atoms with Crippen molar-refractivity contribution in [2.24, 2.45) is 5.92 Å². The monoisotopic (exact) mass is 357 g/mol. The van der Waals surface area contributed by atoms with Crippen LogP contribution < -0.4 is 0 Å². The molecule has 0 aliphatic carbocycles. The van der Waals surface area contributed by atoms with E-state index in [9.17, 15) is 4.39 Å². The highest BCUT2D eigenvalue weighted by molar-refractivity contribution is 5.58. The second kappa shape index (κ2) is 9.79. The Kier molecular flexibility index (Phi) is 7.15. The number of ether oxygens (including phenoxy) is 2. The van der Waals surface area contributed by atoms with E-state index in [1.54, 1.807) is 18.3 Å². The van der Waals surface area contributed by atoms with Gasteiger partial charge < -0.3 is 9.47 Å². The molecule has 0 atom stereocenters. The molecule has 26 heavy (non-hydrogen) atoms. The van der Waals surface area contributed by atoms with Crippen LogP contribution in [0.5, 0.6) is 0 Å². The molecule has 1 fully saturated rings. The SMILES string of the molecule is CCCCCCC[C@H]1CO[C@H](c2ccc(-c3ccc(F)cc3)nc2)OC1. The van der Waals surface area contributed by atoms with Crippen molar-refractivity contribution >= 4 is 0 Å². The summed E-state index contributed by atoms with van der Waals surface area (Å²) in [6.45, 7) is 3.74. The first-order valence-corrected chi connectivity index (χ1v) is 9.71. The molecule has 0 spiro atoms. The quantitative estimate of drug-likeness (QED) is 0.550. The van der Waals surface area contributed by atoms with Crippen LogP contribution in [0.3, 0.4) is 0 Å². The zero-order valence-electron chi connectivity index (χ0n) is 15.5. The van der Waals surface area contributed by atoms with Crippen LogP contribution in [0.15, 0.2) is 42.6 Å². The van der Waals surface area contributed by atoms with E-state index in [1.165, 1.54) is 50.7 Å². The molecule has 2 heterocycles. The van der Waals surface area contributed by atoms with Crippen LogP contribution in [0.1, 0.15) is 57.3 Å². The summed E-state index contributed by atoms with van der Waals surface area (Å²) in [6, 6.07) is 10.3. The van der Waals surface area contributed by atoms with Gasteiger partial charge in [-0.15, -0.1) is 0 Å². The fraction of sp³-hybridized carbons (Fsp3) is 0.500. The van der Waals surface area contributed by atoms with Gasteiger partial charge in [-0.3, -0.25) is 4.98 Å². The Balaban J connectivity index is 1.46. The number of benzene rings is 1. The molecule has 1 aromatic heterocycles.